The fraction of sp³-hybridized carbons (Fsp3) is 0.480. The summed E-state index contributed by atoms with van der Waals surface area (Å²) in [5.74, 6) is 0.290. The number of alkyl carbamates (subject to hydrolysis) is 1. The van der Waals surface area contributed by atoms with Crippen molar-refractivity contribution in [3.63, 3.8) is 0 Å². The molecule has 218 valence electrons. The SMILES string of the molecule is Cc1nc([C@H]2CC[C@H](NC(=O)OC(C)C)CC2)sc1-c1ccc(Nc2ccn(CC(F)(F)F)n2)cc1S(N)(=O)=O. The number of aromatic nitrogens is 3. The Morgan fingerprint density at radius 3 is 2.55 bits per heavy atom. The molecule has 10 nitrogen and oxygen atoms in total. The van der Waals surface area contributed by atoms with Crippen LogP contribution in [0.15, 0.2) is 35.4 Å². The first-order valence-electron chi connectivity index (χ1n) is 12.7. The van der Waals surface area contributed by atoms with Crippen molar-refractivity contribution in [3.05, 3.63) is 41.2 Å². The Labute approximate surface area is 234 Å². The number of amides is 1. The summed E-state index contributed by atoms with van der Waals surface area (Å²) in [6.45, 7) is 4.14. The molecule has 3 aromatic rings. The predicted octanol–water partition coefficient (Wildman–Crippen LogP) is 5.43. The van der Waals surface area contributed by atoms with Crippen LogP contribution in [-0.2, 0) is 21.3 Å². The van der Waals surface area contributed by atoms with Gasteiger partial charge in [-0.1, -0.05) is 6.07 Å². The van der Waals surface area contributed by atoms with E-state index in [0.717, 1.165) is 35.4 Å². The van der Waals surface area contributed by atoms with E-state index in [1.807, 2.05) is 0 Å². The number of hydrogen-bond donors (Lipinski definition) is 3. The molecule has 1 saturated carbocycles. The highest BCUT2D eigenvalue weighted by Crippen LogP contribution is 2.41. The van der Waals surface area contributed by atoms with E-state index < -0.39 is 28.8 Å². The van der Waals surface area contributed by atoms with Crippen molar-refractivity contribution >= 4 is 39.0 Å². The molecule has 40 heavy (non-hydrogen) atoms. The van der Waals surface area contributed by atoms with Crippen LogP contribution in [0.1, 0.15) is 56.2 Å². The molecule has 1 fully saturated rings. The summed E-state index contributed by atoms with van der Waals surface area (Å²) in [4.78, 5) is 17.2. The van der Waals surface area contributed by atoms with Crippen LogP contribution in [-0.4, -0.2) is 47.6 Å². The normalized spacial score (nSPS) is 18.1. The molecule has 0 saturated heterocycles. The monoisotopic (exact) mass is 600 g/mol. The first kappa shape index (κ1) is 29.8. The molecule has 2 aromatic heterocycles. The average molecular weight is 601 g/mol. The van der Waals surface area contributed by atoms with E-state index in [9.17, 15) is 26.4 Å². The lowest BCUT2D eigenvalue weighted by Crippen LogP contribution is -2.38. The Balaban J connectivity index is 1.50. The van der Waals surface area contributed by atoms with Crippen LogP contribution < -0.4 is 15.8 Å². The number of benzene rings is 1. The van der Waals surface area contributed by atoms with Gasteiger partial charge in [0.1, 0.15) is 6.54 Å². The Morgan fingerprint density at radius 1 is 1.23 bits per heavy atom. The van der Waals surface area contributed by atoms with Crippen molar-refractivity contribution in [1.29, 1.82) is 0 Å². The van der Waals surface area contributed by atoms with Crippen molar-refractivity contribution in [2.45, 2.75) is 82.1 Å². The highest BCUT2D eigenvalue weighted by atomic mass is 32.2. The van der Waals surface area contributed by atoms with Gasteiger partial charge in [-0.05, 0) is 58.6 Å². The maximum atomic E-state index is 12.6. The largest absolute Gasteiger partial charge is 0.447 e. The van der Waals surface area contributed by atoms with Crippen LogP contribution in [0.25, 0.3) is 10.4 Å². The third-order valence-corrected chi connectivity index (χ3v) is 8.65. The van der Waals surface area contributed by atoms with E-state index >= 15 is 0 Å². The number of aryl methyl sites for hydroxylation is 1. The summed E-state index contributed by atoms with van der Waals surface area (Å²) in [5.41, 5.74) is 1.36. The van der Waals surface area contributed by atoms with E-state index in [1.54, 1.807) is 32.9 Å². The molecular weight excluding hydrogens is 569 g/mol. The summed E-state index contributed by atoms with van der Waals surface area (Å²) in [7, 11) is -4.16. The number of rotatable bonds is 8. The third-order valence-electron chi connectivity index (χ3n) is 6.34. The molecule has 1 aromatic carbocycles. The number of carbonyl (C=O) groups excluding carboxylic acids is 1. The van der Waals surface area contributed by atoms with Gasteiger partial charge in [0.05, 0.1) is 26.6 Å². The number of anilines is 2. The van der Waals surface area contributed by atoms with E-state index in [0.29, 0.717) is 21.8 Å². The van der Waals surface area contributed by atoms with Crippen LogP contribution in [0.5, 0.6) is 0 Å². The van der Waals surface area contributed by atoms with Crippen LogP contribution in [0.4, 0.5) is 29.5 Å². The topological polar surface area (TPSA) is 141 Å². The van der Waals surface area contributed by atoms with Gasteiger partial charge in [0.2, 0.25) is 10.0 Å². The maximum absolute atomic E-state index is 12.6. The first-order chi connectivity index (χ1) is 18.7. The molecule has 0 unspecified atom stereocenters. The van der Waals surface area contributed by atoms with Crippen LogP contribution in [0.2, 0.25) is 0 Å². The van der Waals surface area contributed by atoms with Gasteiger partial charge >= 0.3 is 12.3 Å². The van der Waals surface area contributed by atoms with Gasteiger partial charge in [0, 0.05) is 35.5 Å². The second kappa shape index (κ2) is 11.7. The van der Waals surface area contributed by atoms with Gasteiger partial charge in [0.15, 0.2) is 5.82 Å². The quantitative estimate of drug-likeness (QED) is 0.313. The van der Waals surface area contributed by atoms with Gasteiger partial charge in [-0.25, -0.2) is 23.3 Å². The van der Waals surface area contributed by atoms with Crippen LogP contribution >= 0.6 is 11.3 Å². The lowest BCUT2D eigenvalue weighted by atomic mass is 9.86. The lowest BCUT2D eigenvalue weighted by Gasteiger charge is -2.28. The molecule has 1 aliphatic carbocycles. The molecule has 1 aliphatic rings. The maximum Gasteiger partial charge on any atom is 0.408 e. The Hall–Kier alpha value is -3.17. The second-order valence-electron chi connectivity index (χ2n) is 10.0. The number of carbonyl (C=O) groups is 1. The third kappa shape index (κ3) is 7.73. The summed E-state index contributed by atoms with van der Waals surface area (Å²) in [5, 5.41) is 16.0. The van der Waals surface area contributed by atoms with Gasteiger partial charge in [-0.15, -0.1) is 11.3 Å². The molecule has 15 heteroatoms. The van der Waals surface area contributed by atoms with Gasteiger partial charge in [-0.2, -0.15) is 18.3 Å². The number of ether oxygens (including phenoxy) is 1. The highest BCUT2D eigenvalue weighted by Gasteiger charge is 2.29. The molecule has 0 bridgehead atoms. The predicted molar refractivity (Wildman–Crippen MR) is 145 cm³/mol. The Bertz CT molecular complexity index is 1460. The molecule has 4 rings (SSSR count). The Kier molecular flexibility index (Phi) is 8.75. The molecule has 0 spiro atoms. The fourth-order valence-electron chi connectivity index (χ4n) is 4.61. The number of sulfonamides is 1. The molecular formula is C25H31F3N6O4S2. The molecule has 4 N–H and O–H groups in total. The molecule has 0 radical (unpaired) electrons. The molecule has 0 atom stereocenters. The van der Waals surface area contributed by atoms with Crippen molar-refractivity contribution < 1.29 is 31.1 Å². The number of primary sulfonamides is 1. The number of alkyl halides is 3. The van der Waals surface area contributed by atoms with Gasteiger partial charge in [0.25, 0.3) is 0 Å². The zero-order valence-corrected chi connectivity index (χ0v) is 23.8. The van der Waals surface area contributed by atoms with E-state index in [-0.39, 0.29) is 28.8 Å². The fourth-order valence-corrected chi connectivity index (χ4v) is 6.72. The van der Waals surface area contributed by atoms with Gasteiger partial charge < -0.3 is 15.4 Å². The number of nitrogens with zero attached hydrogens (tertiary/aromatic N) is 3. The standard InChI is InChI=1S/C25H31F3N6O4S2/c1-14(2)38-24(35)32-17-6-4-16(5-7-17)23-30-15(3)22(39-23)19-9-8-18(12-20(19)40(29,36)37)31-21-10-11-34(33-21)13-25(26,27)28/h8-12,14,16-17H,4-7,13H2,1-3H3,(H,31,33)(H,32,35)(H2,29,36,37)/t16-,17-. The highest BCUT2D eigenvalue weighted by molar-refractivity contribution is 7.89. The minimum absolute atomic E-state index is 0.0249. The number of nitrogens with one attached hydrogen (secondary N) is 2. The molecule has 2 heterocycles. The van der Waals surface area contributed by atoms with Crippen molar-refractivity contribution in [2.24, 2.45) is 5.14 Å². The summed E-state index contributed by atoms with van der Waals surface area (Å²) in [6, 6.07) is 5.92. The number of thiazole rings is 1. The van der Waals surface area contributed by atoms with Crippen molar-refractivity contribution in [3.8, 4) is 10.4 Å². The van der Waals surface area contributed by atoms with E-state index in [1.165, 1.54) is 29.7 Å². The first-order valence-corrected chi connectivity index (χ1v) is 15.0. The summed E-state index contributed by atoms with van der Waals surface area (Å²) in [6.07, 6.45) is -0.699. The van der Waals surface area contributed by atoms with E-state index in [2.05, 4.69) is 15.7 Å². The molecule has 1 amide bonds. The second-order valence-corrected chi connectivity index (χ2v) is 12.6. The lowest BCUT2D eigenvalue weighted by molar-refractivity contribution is -0.142. The van der Waals surface area contributed by atoms with Gasteiger partial charge in [-0.3, -0.25) is 4.68 Å². The summed E-state index contributed by atoms with van der Waals surface area (Å²) < 4.78 is 68.9. The number of nitrogens with two attached hydrogens (primary N) is 1. The minimum atomic E-state index is -4.42. The minimum Gasteiger partial charge on any atom is -0.447 e. The zero-order valence-electron chi connectivity index (χ0n) is 22.2. The Morgan fingerprint density at radius 2 is 1.93 bits per heavy atom. The average Bonchev–Trinajstić information content (AvgIpc) is 3.43. The smallest absolute Gasteiger partial charge is 0.408 e. The van der Waals surface area contributed by atoms with E-state index in [4.69, 9.17) is 14.9 Å². The van der Waals surface area contributed by atoms with Crippen LogP contribution in [0.3, 0.4) is 0 Å². The zero-order chi connectivity index (χ0) is 29.2. The number of halogens is 3. The van der Waals surface area contributed by atoms with Crippen LogP contribution in [0, 0.1) is 6.92 Å². The number of hydrogen-bond acceptors (Lipinski definition) is 8. The molecule has 0 aliphatic heterocycles. The van der Waals surface area contributed by atoms with Crippen molar-refractivity contribution in [1.82, 2.24) is 20.1 Å². The van der Waals surface area contributed by atoms with Crippen molar-refractivity contribution in [2.75, 3.05) is 5.32 Å². The summed E-state index contributed by atoms with van der Waals surface area (Å²) >= 11 is 1.41.